The second-order valence-electron chi connectivity index (χ2n) is 4.13. The van der Waals surface area contributed by atoms with Gasteiger partial charge in [-0.2, -0.15) is 0 Å². The average molecular weight is 244 g/mol. The standard InChI is InChI=1S/C11H12N6O/c12-9-1-2-13-5-8(9)11(18)16-3-4-17-7-14-15-10(17)6-16/h1-2,5,7H,3-4,6H2,(H2,12,13). The van der Waals surface area contributed by atoms with E-state index in [0.717, 1.165) is 5.82 Å². The summed E-state index contributed by atoms with van der Waals surface area (Å²) in [5.74, 6) is 0.673. The van der Waals surface area contributed by atoms with Crippen LogP contribution in [0.2, 0.25) is 0 Å². The molecule has 0 saturated heterocycles. The number of carbonyl (C=O) groups excluding carboxylic acids is 1. The van der Waals surface area contributed by atoms with Crippen LogP contribution in [-0.4, -0.2) is 37.1 Å². The van der Waals surface area contributed by atoms with Gasteiger partial charge in [-0.3, -0.25) is 9.78 Å². The molecule has 1 aliphatic heterocycles. The van der Waals surface area contributed by atoms with E-state index < -0.39 is 0 Å². The van der Waals surface area contributed by atoms with Crippen LogP contribution in [0.1, 0.15) is 16.2 Å². The number of hydrogen-bond acceptors (Lipinski definition) is 5. The fourth-order valence-corrected chi connectivity index (χ4v) is 1.99. The van der Waals surface area contributed by atoms with Gasteiger partial charge in [0.2, 0.25) is 0 Å². The van der Waals surface area contributed by atoms with E-state index >= 15 is 0 Å². The van der Waals surface area contributed by atoms with Crippen LogP contribution in [0.5, 0.6) is 0 Å². The molecule has 0 unspecified atom stereocenters. The number of nitrogens with two attached hydrogens (primary N) is 1. The number of amides is 1. The van der Waals surface area contributed by atoms with Crippen LogP contribution in [-0.2, 0) is 13.1 Å². The highest BCUT2D eigenvalue weighted by atomic mass is 16.2. The van der Waals surface area contributed by atoms with Crippen molar-refractivity contribution in [3.8, 4) is 0 Å². The van der Waals surface area contributed by atoms with Gasteiger partial charge < -0.3 is 15.2 Å². The van der Waals surface area contributed by atoms with Crippen LogP contribution in [0.3, 0.4) is 0 Å². The molecule has 0 aromatic carbocycles. The molecule has 2 aromatic heterocycles. The van der Waals surface area contributed by atoms with Gasteiger partial charge in [0.25, 0.3) is 5.91 Å². The molecule has 0 saturated carbocycles. The molecule has 0 radical (unpaired) electrons. The van der Waals surface area contributed by atoms with Gasteiger partial charge in [0.15, 0.2) is 5.82 Å². The molecule has 0 aliphatic carbocycles. The van der Waals surface area contributed by atoms with E-state index in [1.807, 2.05) is 4.57 Å². The van der Waals surface area contributed by atoms with Gasteiger partial charge in [0.05, 0.1) is 12.1 Å². The third-order valence-electron chi connectivity index (χ3n) is 3.01. The summed E-state index contributed by atoms with van der Waals surface area (Å²) in [7, 11) is 0. The van der Waals surface area contributed by atoms with Crippen molar-refractivity contribution in [3.05, 3.63) is 36.2 Å². The van der Waals surface area contributed by atoms with E-state index in [2.05, 4.69) is 15.2 Å². The molecule has 0 spiro atoms. The third kappa shape index (κ3) is 1.69. The molecule has 1 amide bonds. The number of carbonyl (C=O) groups is 1. The summed E-state index contributed by atoms with van der Waals surface area (Å²) < 4.78 is 1.94. The van der Waals surface area contributed by atoms with E-state index in [-0.39, 0.29) is 5.91 Å². The lowest BCUT2D eigenvalue weighted by molar-refractivity contribution is 0.0708. The number of anilines is 1. The van der Waals surface area contributed by atoms with Gasteiger partial charge in [-0.05, 0) is 6.07 Å². The summed E-state index contributed by atoms with van der Waals surface area (Å²) in [5, 5.41) is 7.80. The Morgan fingerprint density at radius 1 is 1.39 bits per heavy atom. The first-order valence-corrected chi connectivity index (χ1v) is 5.61. The lowest BCUT2D eigenvalue weighted by Gasteiger charge is -2.27. The highest BCUT2D eigenvalue weighted by Gasteiger charge is 2.24. The van der Waals surface area contributed by atoms with Gasteiger partial charge in [0.1, 0.15) is 6.33 Å². The monoisotopic (exact) mass is 244 g/mol. The van der Waals surface area contributed by atoms with Crippen molar-refractivity contribution in [3.63, 3.8) is 0 Å². The van der Waals surface area contributed by atoms with Crippen LogP contribution < -0.4 is 5.73 Å². The number of nitrogens with zero attached hydrogens (tertiary/aromatic N) is 5. The molecule has 0 bridgehead atoms. The number of nitrogen functional groups attached to an aromatic ring is 1. The maximum atomic E-state index is 12.3. The molecular formula is C11H12N6O. The third-order valence-corrected chi connectivity index (χ3v) is 3.01. The molecule has 3 heterocycles. The normalized spacial score (nSPS) is 14.3. The number of rotatable bonds is 1. The second-order valence-corrected chi connectivity index (χ2v) is 4.13. The van der Waals surface area contributed by atoms with E-state index in [1.165, 1.54) is 6.20 Å². The van der Waals surface area contributed by atoms with Crippen molar-refractivity contribution in [2.24, 2.45) is 0 Å². The van der Waals surface area contributed by atoms with Gasteiger partial charge in [0, 0.05) is 31.2 Å². The maximum Gasteiger partial charge on any atom is 0.257 e. The average Bonchev–Trinajstić information content (AvgIpc) is 2.85. The molecule has 7 heteroatoms. The highest BCUT2D eigenvalue weighted by molar-refractivity contribution is 5.98. The first-order valence-electron chi connectivity index (χ1n) is 5.61. The fraction of sp³-hybridized carbons (Fsp3) is 0.273. The second kappa shape index (κ2) is 4.10. The Kier molecular flexibility index (Phi) is 2.44. The molecule has 2 N–H and O–H groups in total. The minimum Gasteiger partial charge on any atom is -0.398 e. The lowest BCUT2D eigenvalue weighted by Crippen LogP contribution is -2.38. The Bertz CT molecular complexity index is 593. The van der Waals surface area contributed by atoms with Crippen molar-refractivity contribution in [2.75, 3.05) is 12.3 Å². The van der Waals surface area contributed by atoms with Crippen LogP contribution in [0.4, 0.5) is 5.69 Å². The van der Waals surface area contributed by atoms with Gasteiger partial charge >= 0.3 is 0 Å². The van der Waals surface area contributed by atoms with Crippen molar-refractivity contribution in [1.29, 1.82) is 0 Å². The molecule has 0 fully saturated rings. The van der Waals surface area contributed by atoms with E-state index in [4.69, 9.17) is 5.73 Å². The van der Waals surface area contributed by atoms with Crippen molar-refractivity contribution >= 4 is 11.6 Å². The van der Waals surface area contributed by atoms with Crippen molar-refractivity contribution in [2.45, 2.75) is 13.1 Å². The zero-order chi connectivity index (χ0) is 12.5. The fourth-order valence-electron chi connectivity index (χ4n) is 1.99. The first kappa shape index (κ1) is 10.7. The summed E-state index contributed by atoms with van der Waals surface area (Å²) >= 11 is 0. The van der Waals surface area contributed by atoms with Gasteiger partial charge in [-0.1, -0.05) is 0 Å². The van der Waals surface area contributed by atoms with E-state index in [1.54, 1.807) is 23.5 Å². The van der Waals surface area contributed by atoms with Crippen LogP contribution in [0.25, 0.3) is 0 Å². The summed E-state index contributed by atoms with van der Waals surface area (Å²) in [6.07, 6.45) is 4.74. The van der Waals surface area contributed by atoms with Crippen molar-refractivity contribution < 1.29 is 4.79 Å². The number of hydrogen-bond donors (Lipinski definition) is 1. The Balaban J connectivity index is 1.85. The van der Waals surface area contributed by atoms with Gasteiger partial charge in [-0.15, -0.1) is 10.2 Å². The summed E-state index contributed by atoms with van der Waals surface area (Å²) in [6.45, 7) is 1.78. The van der Waals surface area contributed by atoms with E-state index in [0.29, 0.717) is 30.9 Å². The van der Waals surface area contributed by atoms with Crippen LogP contribution >= 0.6 is 0 Å². The minimum absolute atomic E-state index is 0.116. The zero-order valence-corrected chi connectivity index (χ0v) is 9.65. The quantitative estimate of drug-likeness (QED) is 0.757. The Labute approximate surface area is 103 Å². The molecule has 92 valence electrons. The van der Waals surface area contributed by atoms with E-state index in [9.17, 15) is 4.79 Å². The predicted octanol–water partition coefficient (Wildman–Crippen LogP) is -0.0887. The molecular weight excluding hydrogens is 232 g/mol. The largest absolute Gasteiger partial charge is 0.398 e. The molecule has 1 aliphatic rings. The SMILES string of the molecule is Nc1ccncc1C(=O)N1CCn2cnnc2C1. The molecule has 3 rings (SSSR count). The summed E-state index contributed by atoms with van der Waals surface area (Å²) in [6, 6.07) is 1.62. The summed E-state index contributed by atoms with van der Waals surface area (Å²) in [5.41, 5.74) is 6.66. The predicted molar refractivity (Wildman–Crippen MR) is 63.4 cm³/mol. The lowest BCUT2D eigenvalue weighted by atomic mass is 10.2. The smallest absolute Gasteiger partial charge is 0.257 e. The van der Waals surface area contributed by atoms with Crippen LogP contribution in [0, 0.1) is 0 Å². The molecule has 0 atom stereocenters. The Hall–Kier alpha value is -2.44. The molecule has 18 heavy (non-hydrogen) atoms. The highest BCUT2D eigenvalue weighted by Crippen LogP contribution is 2.16. The Morgan fingerprint density at radius 2 is 2.28 bits per heavy atom. The number of fused-ring (bicyclic) bond motifs is 1. The van der Waals surface area contributed by atoms with Gasteiger partial charge in [-0.25, -0.2) is 0 Å². The Morgan fingerprint density at radius 3 is 3.11 bits per heavy atom. The topological polar surface area (TPSA) is 89.9 Å². The van der Waals surface area contributed by atoms with Crippen LogP contribution in [0.15, 0.2) is 24.8 Å². The number of pyridine rings is 1. The maximum absolute atomic E-state index is 12.3. The van der Waals surface area contributed by atoms with Crippen molar-refractivity contribution in [1.82, 2.24) is 24.6 Å². The zero-order valence-electron chi connectivity index (χ0n) is 9.65. The molecule has 2 aromatic rings. The number of aromatic nitrogens is 4. The first-order chi connectivity index (χ1) is 8.75. The summed E-state index contributed by atoms with van der Waals surface area (Å²) in [4.78, 5) is 17.9. The molecule has 7 nitrogen and oxygen atoms in total. The minimum atomic E-state index is -0.116.